The summed E-state index contributed by atoms with van der Waals surface area (Å²) in [6.07, 6.45) is 0.912. The third-order valence-electron chi connectivity index (χ3n) is 3.51. The second kappa shape index (κ2) is 4.63. The van der Waals surface area contributed by atoms with Gasteiger partial charge in [-0.05, 0) is 37.1 Å². The fraction of sp³-hybridized carbons (Fsp3) is 0.267. The lowest BCUT2D eigenvalue weighted by molar-refractivity contribution is 0.628. The number of hydrogen-bond donors (Lipinski definition) is 1. The molecule has 2 aromatic rings. The summed E-state index contributed by atoms with van der Waals surface area (Å²) in [6, 6.07) is 8.88. The minimum atomic E-state index is -0.215. The molecule has 0 aliphatic carbocycles. The minimum absolute atomic E-state index is 0.215. The van der Waals surface area contributed by atoms with Gasteiger partial charge in [0.1, 0.15) is 11.6 Å². The first-order valence-corrected chi connectivity index (χ1v) is 6.41. The molecule has 0 amide bonds. The van der Waals surface area contributed by atoms with Gasteiger partial charge >= 0.3 is 0 Å². The summed E-state index contributed by atoms with van der Waals surface area (Å²) in [5.74, 6) is 0.638. The second-order valence-corrected chi connectivity index (χ2v) is 4.81. The van der Waals surface area contributed by atoms with Crippen LogP contribution in [-0.4, -0.2) is 11.5 Å². The van der Waals surface area contributed by atoms with Crippen LogP contribution in [0.2, 0.25) is 0 Å². The molecule has 2 N–H and O–H groups in total. The van der Waals surface area contributed by atoms with Gasteiger partial charge < -0.3 is 10.6 Å². The van der Waals surface area contributed by atoms with E-state index < -0.39 is 0 Å². The Labute approximate surface area is 111 Å². The van der Waals surface area contributed by atoms with E-state index in [0.29, 0.717) is 6.54 Å². The van der Waals surface area contributed by atoms with Crippen LogP contribution in [0.4, 0.5) is 15.9 Å². The number of aromatic nitrogens is 1. The van der Waals surface area contributed by atoms with Gasteiger partial charge in [0.15, 0.2) is 0 Å². The number of nitrogens with two attached hydrogens (primary N) is 1. The molecule has 0 atom stereocenters. The van der Waals surface area contributed by atoms with Crippen LogP contribution in [0, 0.1) is 12.7 Å². The molecule has 1 aromatic heterocycles. The Bertz CT molecular complexity index is 625. The van der Waals surface area contributed by atoms with Gasteiger partial charge in [0.25, 0.3) is 0 Å². The highest BCUT2D eigenvalue weighted by molar-refractivity contribution is 5.69. The summed E-state index contributed by atoms with van der Waals surface area (Å²) in [4.78, 5) is 6.64. The van der Waals surface area contributed by atoms with Crippen molar-refractivity contribution in [2.24, 2.45) is 5.73 Å². The summed E-state index contributed by atoms with van der Waals surface area (Å²) in [7, 11) is 0. The summed E-state index contributed by atoms with van der Waals surface area (Å²) < 4.78 is 13.4. The van der Waals surface area contributed by atoms with Gasteiger partial charge in [-0.2, -0.15) is 0 Å². The van der Waals surface area contributed by atoms with Crippen molar-refractivity contribution >= 4 is 11.5 Å². The summed E-state index contributed by atoms with van der Waals surface area (Å²) >= 11 is 0. The van der Waals surface area contributed by atoms with E-state index >= 15 is 0 Å². The maximum Gasteiger partial charge on any atom is 0.137 e. The molecule has 0 fully saturated rings. The van der Waals surface area contributed by atoms with E-state index in [1.54, 1.807) is 6.07 Å². The quantitative estimate of drug-likeness (QED) is 0.899. The fourth-order valence-corrected chi connectivity index (χ4v) is 2.54. The maximum absolute atomic E-state index is 13.4. The van der Waals surface area contributed by atoms with Crippen molar-refractivity contribution in [3.63, 3.8) is 0 Å². The number of halogens is 1. The van der Waals surface area contributed by atoms with Crippen LogP contribution >= 0.6 is 0 Å². The first-order valence-electron chi connectivity index (χ1n) is 6.41. The number of aryl methyl sites for hydroxylation is 1. The number of hydrogen-bond acceptors (Lipinski definition) is 3. The summed E-state index contributed by atoms with van der Waals surface area (Å²) in [5, 5.41) is 0. The van der Waals surface area contributed by atoms with Crippen molar-refractivity contribution in [3.8, 4) is 0 Å². The molecule has 0 saturated carbocycles. The van der Waals surface area contributed by atoms with E-state index in [0.717, 1.165) is 41.3 Å². The first-order chi connectivity index (χ1) is 9.19. The average molecular weight is 257 g/mol. The highest BCUT2D eigenvalue weighted by atomic mass is 19.1. The first kappa shape index (κ1) is 12.1. The Morgan fingerprint density at radius 3 is 2.95 bits per heavy atom. The van der Waals surface area contributed by atoms with Crippen molar-refractivity contribution in [2.45, 2.75) is 19.9 Å². The van der Waals surface area contributed by atoms with Gasteiger partial charge in [0.05, 0.1) is 0 Å². The van der Waals surface area contributed by atoms with Crippen molar-refractivity contribution in [1.82, 2.24) is 4.98 Å². The van der Waals surface area contributed by atoms with Crippen LogP contribution in [-0.2, 0) is 13.0 Å². The molecule has 0 saturated heterocycles. The molecule has 0 spiro atoms. The van der Waals surface area contributed by atoms with Gasteiger partial charge in [-0.15, -0.1) is 0 Å². The van der Waals surface area contributed by atoms with Gasteiger partial charge in [0.2, 0.25) is 0 Å². The minimum Gasteiger partial charge on any atom is -0.326 e. The van der Waals surface area contributed by atoms with Crippen molar-refractivity contribution < 1.29 is 4.39 Å². The van der Waals surface area contributed by atoms with E-state index in [2.05, 4.69) is 9.88 Å². The monoisotopic (exact) mass is 257 g/mol. The zero-order valence-corrected chi connectivity index (χ0v) is 10.9. The molecule has 2 heterocycles. The third kappa shape index (κ3) is 2.08. The molecule has 3 nitrogen and oxygen atoms in total. The van der Waals surface area contributed by atoms with E-state index in [1.165, 1.54) is 6.07 Å². The molecule has 1 aliphatic heterocycles. The smallest absolute Gasteiger partial charge is 0.137 e. The normalized spacial score (nSPS) is 13.7. The predicted octanol–water partition coefficient (Wildman–Crippen LogP) is 2.68. The summed E-state index contributed by atoms with van der Waals surface area (Å²) in [5.41, 5.74) is 9.78. The maximum atomic E-state index is 13.4. The topological polar surface area (TPSA) is 42.1 Å². The number of nitrogens with zero attached hydrogens (tertiary/aromatic N) is 2. The zero-order chi connectivity index (χ0) is 13.4. The molecule has 4 heteroatoms. The number of pyridine rings is 1. The molecular weight excluding hydrogens is 241 g/mol. The second-order valence-electron chi connectivity index (χ2n) is 4.81. The van der Waals surface area contributed by atoms with Crippen LogP contribution in [0.25, 0.3) is 0 Å². The zero-order valence-electron chi connectivity index (χ0n) is 10.9. The number of benzene rings is 1. The van der Waals surface area contributed by atoms with Crippen LogP contribution < -0.4 is 10.6 Å². The highest BCUT2D eigenvalue weighted by Gasteiger charge is 2.23. The molecule has 0 radical (unpaired) electrons. The van der Waals surface area contributed by atoms with Crippen molar-refractivity contribution in [2.75, 3.05) is 11.4 Å². The van der Waals surface area contributed by atoms with Gasteiger partial charge in [-0.1, -0.05) is 12.1 Å². The van der Waals surface area contributed by atoms with Crippen LogP contribution in [0.1, 0.15) is 16.8 Å². The average Bonchev–Trinajstić information content (AvgIpc) is 2.81. The van der Waals surface area contributed by atoms with Gasteiger partial charge in [-0.3, -0.25) is 0 Å². The van der Waals surface area contributed by atoms with Crippen LogP contribution in [0.3, 0.4) is 0 Å². The Balaban J connectivity index is 2.10. The Morgan fingerprint density at radius 1 is 1.32 bits per heavy atom. The molecule has 19 heavy (non-hydrogen) atoms. The molecule has 1 aromatic carbocycles. The number of anilines is 2. The SMILES string of the molecule is Cc1ccc(CN)c(N2CCc3ccc(F)cc32)n1. The van der Waals surface area contributed by atoms with Crippen molar-refractivity contribution in [1.29, 1.82) is 0 Å². The molecular formula is C15H16FN3. The molecule has 0 unspecified atom stereocenters. The van der Waals surface area contributed by atoms with Gasteiger partial charge in [-0.25, -0.2) is 9.37 Å². The van der Waals surface area contributed by atoms with Crippen molar-refractivity contribution in [3.05, 3.63) is 53.0 Å². The summed E-state index contributed by atoms with van der Waals surface area (Å²) in [6.45, 7) is 3.21. The Hall–Kier alpha value is -1.94. The Kier molecular flexibility index (Phi) is 2.95. The third-order valence-corrected chi connectivity index (χ3v) is 3.51. The molecule has 0 bridgehead atoms. The van der Waals surface area contributed by atoms with Crippen LogP contribution in [0.5, 0.6) is 0 Å². The lowest BCUT2D eigenvalue weighted by atomic mass is 10.1. The Morgan fingerprint density at radius 2 is 2.16 bits per heavy atom. The lowest BCUT2D eigenvalue weighted by Gasteiger charge is -2.21. The number of rotatable bonds is 2. The molecule has 98 valence electrons. The standard InChI is InChI=1S/C15H16FN3/c1-10-2-3-12(9-17)15(18-10)19-7-6-11-4-5-13(16)8-14(11)19/h2-5,8H,6-7,9,17H2,1H3. The molecule has 3 rings (SSSR count). The number of fused-ring (bicyclic) bond motifs is 1. The predicted molar refractivity (Wildman–Crippen MR) is 74.0 cm³/mol. The van der Waals surface area contributed by atoms with E-state index in [1.807, 2.05) is 25.1 Å². The lowest BCUT2D eigenvalue weighted by Crippen LogP contribution is -2.18. The van der Waals surface area contributed by atoms with E-state index in [4.69, 9.17) is 5.73 Å². The molecule has 1 aliphatic rings. The van der Waals surface area contributed by atoms with E-state index in [-0.39, 0.29) is 5.82 Å². The van der Waals surface area contributed by atoms with Gasteiger partial charge in [0, 0.05) is 30.0 Å². The van der Waals surface area contributed by atoms with E-state index in [9.17, 15) is 4.39 Å². The fourth-order valence-electron chi connectivity index (χ4n) is 2.54. The highest BCUT2D eigenvalue weighted by Crippen LogP contribution is 2.35. The van der Waals surface area contributed by atoms with Crippen LogP contribution in [0.15, 0.2) is 30.3 Å². The largest absolute Gasteiger partial charge is 0.326 e.